The van der Waals surface area contributed by atoms with E-state index in [0.717, 1.165) is 19.6 Å². The van der Waals surface area contributed by atoms with Crippen LogP contribution in [0.4, 0.5) is 0 Å². The Morgan fingerprint density at radius 2 is 2.00 bits per heavy atom. The Hall–Kier alpha value is -0.120. The molecule has 0 radical (unpaired) electrons. The molecule has 12 heavy (non-hydrogen) atoms. The predicted molar refractivity (Wildman–Crippen MR) is 46.0 cm³/mol. The van der Waals surface area contributed by atoms with Crippen LogP contribution in [-0.2, 0) is 14.2 Å². The van der Waals surface area contributed by atoms with Crippen molar-refractivity contribution in [1.29, 1.82) is 0 Å². The third-order valence-electron chi connectivity index (χ3n) is 2.22. The number of rotatable bonds is 3. The summed E-state index contributed by atoms with van der Waals surface area (Å²) in [6.07, 6.45) is 0.983. The van der Waals surface area contributed by atoms with E-state index in [-0.39, 0.29) is 6.10 Å². The summed E-state index contributed by atoms with van der Waals surface area (Å²) in [7, 11) is 0. The van der Waals surface area contributed by atoms with E-state index in [0.29, 0.717) is 6.61 Å². The van der Waals surface area contributed by atoms with Crippen LogP contribution in [0.25, 0.3) is 0 Å². The summed E-state index contributed by atoms with van der Waals surface area (Å²) in [6.45, 7) is 8.13. The normalized spacial score (nSPS) is 25.2. The summed E-state index contributed by atoms with van der Waals surface area (Å²) in [5.74, 6) is -0.533. The number of ether oxygens (including phenoxy) is 3. The van der Waals surface area contributed by atoms with Gasteiger partial charge >= 0.3 is 0 Å². The Morgan fingerprint density at radius 1 is 1.42 bits per heavy atom. The van der Waals surface area contributed by atoms with Crippen molar-refractivity contribution in [2.45, 2.75) is 39.1 Å². The Kier molecular flexibility index (Phi) is 3.50. The van der Waals surface area contributed by atoms with Crippen LogP contribution >= 0.6 is 0 Å². The van der Waals surface area contributed by atoms with E-state index in [1.807, 2.05) is 20.8 Å². The maximum atomic E-state index is 5.53. The maximum absolute atomic E-state index is 5.53. The van der Waals surface area contributed by atoms with Crippen molar-refractivity contribution in [3.05, 3.63) is 0 Å². The first-order valence-electron chi connectivity index (χ1n) is 4.58. The van der Waals surface area contributed by atoms with Gasteiger partial charge in [-0.1, -0.05) is 0 Å². The van der Waals surface area contributed by atoms with Crippen LogP contribution in [0.1, 0.15) is 27.2 Å². The van der Waals surface area contributed by atoms with Gasteiger partial charge < -0.3 is 14.2 Å². The van der Waals surface area contributed by atoms with Gasteiger partial charge in [0.2, 0.25) is 0 Å². The lowest BCUT2D eigenvalue weighted by molar-refractivity contribution is -0.300. The minimum atomic E-state index is -0.533. The quantitative estimate of drug-likeness (QED) is 0.650. The van der Waals surface area contributed by atoms with Gasteiger partial charge in [0, 0.05) is 6.61 Å². The van der Waals surface area contributed by atoms with Crippen LogP contribution in [-0.4, -0.2) is 31.7 Å². The van der Waals surface area contributed by atoms with Gasteiger partial charge in [-0.2, -0.15) is 0 Å². The molecule has 0 aromatic carbocycles. The minimum absolute atomic E-state index is 0.00259. The summed E-state index contributed by atoms with van der Waals surface area (Å²) < 4.78 is 16.5. The predicted octanol–water partition coefficient (Wildman–Crippen LogP) is 1.56. The highest BCUT2D eigenvalue weighted by atomic mass is 16.7. The molecule has 3 nitrogen and oxygen atoms in total. The van der Waals surface area contributed by atoms with Crippen molar-refractivity contribution >= 4 is 0 Å². The van der Waals surface area contributed by atoms with Gasteiger partial charge in [0.05, 0.1) is 13.2 Å². The third-order valence-corrected chi connectivity index (χ3v) is 2.22. The molecule has 3 heteroatoms. The molecule has 1 fully saturated rings. The molecule has 1 aliphatic rings. The second-order valence-corrected chi connectivity index (χ2v) is 3.16. The van der Waals surface area contributed by atoms with E-state index in [1.165, 1.54) is 0 Å². The van der Waals surface area contributed by atoms with E-state index in [4.69, 9.17) is 14.2 Å². The van der Waals surface area contributed by atoms with Gasteiger partial charge in [-0.05, 0) is 27.2 Å². The SMILES string of the molecule is CCOC(C)C1(C)OCCCO1. The zero-order valence-corrected chi connectivity index (χ0v) is 8.13. The van der Waals surface area contributed by atoms with Crippen molar-refractivity contribution in [2.24, 2.45) is 0 Å². The van der Waals surface area contributed by atoms with E-state index in [2.05, 4.69) is 0 Å². The van der Waals surface area contributed by atoms with E-state index in [9.17, 15) is 0 Å². The van der Waals surface area contributed by atoms with Crippen molar-refractivity contribution in [3.63, 3.8) is 0 Å². The summed E-state index contributed by atoms with van der Waals surface area (Å²) in [5.41, 5.74) is 0. The van der Waals surface area contributed by atoms with E-state index >= 15 is 0 Å². The van der Waals surface area contributed by atoms with Crippen LogP contribution in [0, 0.1) is 0 Å². The highest BCUT2D eigenvalue weighted by molar-refractivity contribution is 4.74. The topological polar surface area (TPSA) is 27.7 Å². The monoisotopic (exact) mass is 174 g/mol. The fourth-order valence-electron chi connectivity index (χ4n) is 1.29. The molecule has 0 aliphatic carbocycles. The van der Waals surface area contributed by atoms with Crippen LogP contribution in [0.3, 0.4) is 0 Å². The molecule has 0 aromatic heterocycles. The van der Waals surface area contributed by atoms with Crippen LogP contribution in [0.5, 0.6) is 0 Å². The number of hydrogen-bond acceptors (Lipinski definition) is 3. The Balaban J connectivity index is 2.44. The third kappa shape index (κ3) is 2.19. The lowest BCUT2D eigenvalue weighted by Gasteiger charge is -2.38. The summed E-state index contributed by atoms with van der Waals surface area (Å²) in [6, 6.07) is 0. The molecule has 0 spiro atoms. The summed E-state index contributed by atoms with van der Waals surface area (Å²) >= 11 is 0. The van der Waals surface area contributed by atoms with Crippen molar-refractivity contribution < 1.29 is 14.2 Å². The fourth-order valence-corrected chi connectivity index (χ4v) is 1.29. The van der Waals surface area contributed by atoms with Gasteiger partial charge in [-0.25, -0.2) is 0 Å². The molecule has 0 amide bonds. The van der Waals surface area contributed by atoms with Gasteiger partial charge in [0.25, 0.3) is 0 Å². The zero-order chi connectivity index (χ0) is 9.03. The highest BCUT2D eigenvalue weighted by Crippen LogP contribution is 2.23. The second-order valence-electron chi connectivity index (χ2n) is 3.16. The van der Waals surface area contributed by atoms with E-state index < -0.39 is 5.79 Å². The van der Waals surface area contributed by atoms with Crippen molar-refractivity contribution in [2.75, 3.05) is 19.8 Å². The van der Waals surface area contributed by atoms with Gasteiger partial charge in [-0.3, -0.25) is 0 Å². The minimum Gasteiger partial charge on any atom is -0.373 e. The molecule has 1 unspecified atom stereocenters. The Morgan fingerprint density at radius 3 is 2.50 bits per heavy atom. The lowest BCUT2D eigenvalue weighted by atomic mass is 10.2. The van der Waals surface area contributed by atoms with E-state index in [1.54, 1.807) is 0 Å². The van der Waals surface area contributed by atoms with Crippen LogP contribution in [0.15, 0.2) is 0 Å². The maximum Gasteiger partial charge on any atom is 0.191 e. The van der Waals surface area contributed by atoms with Gasteiger partial charge in [0.1, 0.15) is 6.10 Å². The average Bonchev–Trinajstić information content (AvgIpc) is 2.06. The molecule has 1 heterocycles. The molecule has 1 saturated heterocycles. The molecular formula is C9H18O3. The van der Waals surface area contributed by atoms with Crippen molar-refractivity contribution in [3.8, 4) is 0 Å². The molecule has 72 valence electrons. The first-order chi connectivity index (χ1) is 5.69. The Labute approximate surface area is 74.0 Å². The highest BCUT2D eigenvalue weighted by Gasteiger charge is 2.35. The molecule has 0 aromatic rings. The first-order valence-corrected chi connectivity index (χ1v) is 4.58. The fraction of sp³-hybridized carbons (Fsp3) is 1.00. The molecule has 1 atom stereocenters. The van der Waals surface area contributed by atoms with Crippen LogP contribution < -0.4 is 0 Å². The molecule has 1 rings (SSSR count). The van der Waals surface area contributed by atoms with Gasteiger partial charge in [0.15, 0.2) is 5.79 Å². The smallest absolute Gasteiger partial charge is 0.191 e. The molecule has 1 aliphatic heterocycles. The van der Waals surface area contributed by atoms with Crippen LogP contribution in [0.2, 0.25) is 0 Å². The molecule has 0 saturated carbocycles. The Bertz CT molecular complexity index is 130. The second kappa shape index (κ2) is 4.21. The van der Waals surface area contributed by atoms with Gasteiger partial charge in [-0.15, -0.1) is 0 Å². The molecule has 0 N–H and O–H groups in total. The van der Waals surface area contributed by atoms with Crippen molar-refractivity contribution in [1.82, 2.24) is 0 Å². The zero-order valence-electron chi connectivity index (χ0n) is 8.13. The summed E-state index contributed by atoms with van der Waals surface area (Å²) in [4.78, 5) is 0. The lowest BCUT2D eigenvalue weighted by Crippen LogP contribution is -2.47. The summed E-state index contributed by atoms with van der Waals surface area (Å²) in [5, 5.41) is 0. The molecule has 0 bridgehead atoms. The first kappa shape index (κ1) is 9.96. The standard InChI is InChI=1S/C9H18O3/c1-4-10-8(2)9(3)11-6-5-7-12-9/h8H,4-7H2,1-3H3. The largest absolute Gasteiger partial charge is 0.373 e. The number of hydrogen-bond donors (Lipinski definition) is 0. The average molecular weight is 174 g/mol. The molecular weight excluding hydrogens is 156 g/mol.